The average molecular weight is 235 g/mol. The van der Waals surface area contributed by atoms with E-state index < -0.39 is 0 Å². The molecule has 0 saturated heterocycles. The molecule has 1 heterocycles. The SMILES string of the molecule is C[C@@H](CO)/N=C(/c1cccnc1N)N(C)C=N. The van der Waals surface area contributed by atoms with Crippen LogP contribution in [-0.4, -0.2) is 46.9 Å². The molecule has 6 nitrogen and oxygen atoms in total. The minimum atomic E-state index is -0.257. The predicted octanol–water partition coefficient (Wildman–Crippen LogP) is 0.330. The molecule has 1 rings (SSSR count). The molecule has 1 aromatic rings. The number of nitrogens with one attached hydrogen (secondary N) is 1. The number of aliphatic hydroxyl groups excluding tert-OH is 1. The molecule has 0 radical (unpaired) electrons. The van der Waals surface area contributed by atoms with Gasteiger partial charge in [0.1, 0.15) is 11.7 Å². The topological polar surface area (TPSA) is 98.6 Å². The Kier molecular flexibility index (Phi) is 4.59. The van der Waals surface area contributed by atoms with Crippen LogP contribution in [-0.2, 0) is 0 Å². The average Bonchev–Trinajstić information content (AvgIpc) is 2.35. The van der Waals surface area contributed by atoms with Crippen molar-refractivity contribution in [1.82, 2.24) is 9.88 Å². The quantitative estimate of drug-likeness (QED) is 0.517. The van der Waals surface area contributed by atoms with Gasteiger partial charge in [-0.25, -0.2) is 4.98 Å². The first kappa shape index (κ1) is 13.1. The zero-order chi connectivity index (χ0) is 12.8. The number of amidine groups is 1. The Morgan fingerprint density at radius 2 is 2.47 bits per heavy atom. The molecule has 0 aliphatic carbocycles. The molecule has 0 fully saturated rings. The van der Waals surface area contributed by atoms with Crippen molar-refractivity contribution in [3.8, 4) is 0 Å². The van der Waals surface area contributed by atoms with E-state index >= 15 is 0 Å². The highest BCUT2D eigenvalue weighted by molar-refractivity contribution is 6.06. The molecule has 17 heavy (non-hydrogen) atoms. The van der Waals surface area contributed by atoms with Gasteiger partial charge in [0, 0.05) is 13.2 Å². The molecule has 0 amide bonds. The van der Waals surface area contributed by atoms with Crippen molar-refractivity contribution in [2.45, 2.75) is 13.0 Å². The Hall–Kier alpha value is -1.95. The predicted molar refractivity (Wildman–Crippen MR) is 68.3 cm³/mol. The van der Waals surface area contributed by atoms with Crippen LogP contribution >= 0.6 is 0 Å². The molecule has 4 N–H and O–H groups in total. The Labute approximate surface area is 100 Å². The number of aliphatic imine (C=N–C) groups is 1. The van der Waals surface area contributed by atoms with Gasteiger partial charge in [0.25, 0.3) is 0 Å². The standard InChI is InChI=1S/C11H17N5O/c1-8(6-17)15-11(16(2)7-12)9-4-3-5-14-10(9)13/h3-5,7-8,12,17H,6H2,1-2H3,(H2,13,14)/b12-7?,15-11-/t8-/m0/s1. The number of pyridine rings is 1. The first-order valence-corrected chi connectivity index (χ1v) is 5.23. The van der Waals surface area contributed by atoms with E-state index in [-0.39, 0.29) is 12.6 Å². The van der Waals surface area contributed by atoms with Crippen molar-refractivity contribution in [2.75, 3.05) is 19.4 Å². The van der Waals surface area contributed by atoms with Crippen LogP contribution in [0.2, 0.25) is 0 Å². The summed E-state index contributed by atoms with van der Waals surface area (Å²) in [6.45, 7) is 1.72. The van der Waals surface area contributed by atoms with Crippen LogP contribution in [0.3, 0.4) is 0 Å². The number of nitrogens with zero attached hydrogens (tertiary/aromatic N) is 3. The molecule has 0 aliphatic rings. The smallest absolute Gasteiger partial charge is 0.139 e. The second kappa shape index (κ2) is 5.95. The van der Waals surface area contributed by atoms with Crippen LogP contribution < -0.4 is 5.73 Å². The van der Waals surface area contributed by atoms with Gasteiger partial charge in [-0.3, -0.25) is 10.4 Å². The number of nitrogen functional groups attached to an aromatic ring is 1. The van der Waals surface area contributed by atoms with E-state index in [0.717, 1.165) is 6.34 Å². The molecular weight excluding hydrogens is 218 g/mol. The van der Waals surface area contributed by atoms with Gasteiger partial charge in [-0.05, 0) is 19.1 Å². The summed E-state index contributed by atoms with van der Waals surface area (Å²) in [7, 11) is 1.70. The maximum absolute atomic E-state index is 9.02. The lowest BCUT2D eigenvalue weighted by Crippen LogP contribution is -2.29. The van der Waals surface area contributed by atoms with E-state index in [0.29, 0.717) is 17.2 Å². The van der Waals surface area contributed by atoms with E-state index in [1.807, 2.05) is 0 Å². The van der Waals surface area contributed by atoms with Gasteiger partial charge in [0.05, 0.1) is 24.6 Å². The molecule has 1 atom stereocenters. The van der Waals surface area contributed by atoms with E-state index in [4.69, 9.17) is 16.2 Å². The van der Waals surface area contributed by atoms with Crippen molar-refractivity contribution in [1.29, 1.82) is 5.41 Å². The van der Waals surface area contributed by atoms with Crippen LogP contribution in [0.4, 0.5) is 5.82 Å². The molecule has 0 saturated carbocycles. The highest BCUT2D eigenvalue weighted by Crippen LogP contribution is 2.11. The highest BCUT2D eigenvalue weighted by atomic mass is 16.3. The van der Waals surface area contributed by atoms with Crippen molar-refractivity contribution < 1.29 is 5.11 Å². The van der Waals surface area contributed by atoms with Gasteiger partial charge in [-0.2, -0.15) is 0 Å². The molecule has 1 aromatic heterocycles. The number of aliphatic hydroxyl groups is 1. The Balaban J connectivity index is 3.20. The highest BCUT2D eigenvalue weighted by Gasteiger charge is 2.13. The molecular formula is C11H17N5O. The lowest BCUT2D eigenvalue weighted by Gasteiger charge is -2.18. The Morgan fingerprint density at radius 3 is 3.00 bits per heavy atom. The normalized spacial score (nSPS) is 13.2. The van der Waals surface area contributed by atoms with Gasteiger partial charge < -0.3 is 15.7 Å². The van der Waals surface area contributed by atoms with E-state index in [1.165, 1.54) is 4.90 Å². The number of hydrogen-bond acceptors (Lipinski definition) is 5. The molecule has 0 bridgehead atoms. The Bertz CT molecular complexity index is 418. The molecule has 0 unspecified atom stereocenters. The molecule has 0 aliphatic heterocycles. The maximum atomic E-state index is 9.02. The lowest BCUT2D eigenvalue weighted by atomic mass is 10.2. The van der Waals surface area contributed by atoms with E-state index in [9.17, 15) is 0 Å². The van der Waals surface area contributed by atoms with Gasteiger partial charge in [-0.15, -0.1) is 0 Å². The molecule has 0 spiro atoms. The van der Waals surface area contributed by atoms with Gasteiger partial charge in [0.2, 0.25) is 0 Å². The largest absolute Gasteiger partial charge is 0.394 e. The summed E-state index contributed by atoms with van der Waals surface area (Å²) in [4.78, 5) is 9.83. The zero-order valence-corrected chi connectivity index (χ0v) is 9.96. The molecule has 6 heteroatoms. The monoisotopic (exact) mass is 235 g/mol. The van der Waals surface area contributed by atoms with Gasteiger partial charge in [0.15, 0.2) is 0 Å². The van der Waals surface area contributed by atoms with Crippen LogP contribution in [0.5, 0.6) is 0 Å². The maximum Gasteiger partial charge on any atom is 0.139 e. The summed E-state index contributed by atoms with van der Waals surface area (Å²) in [6, 6.07) is 3.28. The van der Waals surface area contributed by atoms with Crippen molar-refractivity contribution in [2.24, 2.45) is 4.99 Å². The van der Waals surface area contributed by atoms with Crippen LogP contribution in [0.15, 0.2) is 23.3 Å². The summed E-state index contributed by atoms with van der Waals surface area (Å²) < 4.78 is 0. The number of anilines is 1. The molecule has 92 valence electrons. The number of rotatable bonds is 4. The van der Waals surface area contributed by atoms with Crippen molar-refractivity contribution in [3.05, 3.63) is 23.9 Å². The fourth-order valence-corrected chi connectivity index (χ4v) is 1.27. The fraction of sp³-hybridized carbons (Fsp3) is 0.364. The third-order valence-corrected chi connectivity index (χ3v) is 2.21. The first-order valence-electron chi connectivity index (χ1n) is 5.23. The second-order valence-electron chi connectivity index (χ2n) is 3.66. The third-order valence-electron chi connectivity index (χ3n) is 2.21. The van der Waals surface area contributed by atoms with Gasteiger partial charge >= 0.3 is 0 Å². The number of aromatic nitrogens is 1. The van der Waals surface area contributed by atoms with Crippen molar-refractivity contribution >= 4 is 18.0 Å². The minimum Gasteiger partial charge on any atom is -0.394 e. The number of nitrogens with two attached hydrogens (primary N) is 1. The van der Waals surface area contributed by atoms with Gasteiger partial charge in [-0.1, -0.05) is 0 Å². The minimum absolute atomic E-state index is 0.0600. The number of hydrogen-bond donors (Lipinski definition) is 3. The third kappa shape index (κ3) is 3.25. The summed E-state index contributed by atoms with van der Waals surface area (Å²) in [5, 5.41) is 16.3. The fourth-order valence-electron chi connectivity index (χ4n) is 1.27. The summed E-state index contributed by atoms with van der Waals surface area (Å²) in [5.74, 6) is 0.872. The summed E-state index contributed by atoms with van der Waals surface area (Å²) in [5.41, 5.74) is 6.43. The Morgan fingerprint density at radius 1 is 1.76 bits per heavy atom. The first-order chi connectivity index (χ1) is 8.10. The zero-order valence-electron chi connectivity index (χ0n) is 9.96. The second-order valence-corrected chi connectivity index (χ2v) is 3.66. The van der Waals surface area contributed by atoms with Crippen LogP contribution in [0, 0.1) is 5.41 Å². The van der Waals surface area contributed by atoms with Crippen molar-refractivity contribution in [3.63, 3.8) is 0 Å². The molecule has 0 aromatic carbocycles. The van der Waals surface area contributed by atoms with Crippen LogP contribution in [0.25, 0.3) is 0 Å². The van der Waals surface area contributed by atoms with E-state index in [1.54, 1.807) is 32.3 Å². The summed E-state index contributed by atoms with van der Waals surface area (Å²) >= 11 is 0. The lowest BCUT2D eigenvalue weighted by molar-refractivity contribution is 0.274. The summed E-state index contributed by atoms with van der Waals surface area (Å²) in [6.07, 6.45) is 2.73. The van der Waals surface area contributed by atoms with Crippen LogP contribution in [0.1, 0.15) is 12.5 Å². The van der Waals surface area contributed by atoms with E-state index in [2.05, 4.69) is 9.98 Å².